The number of carbonyl (C=O) groups excluding carboxylic acids is 3. The average molecular weight is 310 g/mol. The number of amides is 2. The normalized spacial score (nSPS) is 13.9. The van der Waals surface area contributed by atoms with Crippen molar-refractivity contribution in [3.8, 4) is 0 Å². The van der Waals surface area contributed by atoms with Gasteiger partial charge in [-0.1, -0.05) is 0 Å². The minimum absolute atomic E-state index is 0.0955. The smallest absolute Gasteiger partial charge is 0.329 e. The van der Waals surface area contributed by atoms with Crippen LogP contribution in [-0.4, -0.2) is 35.5 Å². The molecule has 0 saturated carbocycles. The van der Waals surface area contributed by atoms with Gasteiger partial charge in [0.25, 0.3) is 11.8 Å². The first-order valence-electron chi connectivity index (χ1n) is 6.97. The van der Waals surface area contributed by atoms with E-state index in [4.69, 9.17) is 9.15 Å². The van der Waals surface area contributed by atoms with Gasteiger partial charge in [0.1, 0.15) is 6.04 Å². The van der Waals surface area contributed by atoms with E-state index >= 15 is 0 Å². The second-order valence-corrected chi connectivity index (χ2v) is 5.99. The molecule has 0 unspecified atom stereocenters. The van der Waals surface area contributed by atoms with Crippen LogP contribution in [0.2, 0.25) is 0 Å². The quantitative estimate of drug-likeness (QED) is 0.798. The second-order valence-electron chi connectivity index (χ2n) is 5.99. The number of furan rings is 1. The molecule has 22 heavy (non-hydrogen) atoms. The number of hydrogen-bond donors (Lipinski definition) is 2. The van der Waals surface area contributed by atoms with Gasteiger partial charge in [-0.3, -0.25) is 9.59 Å². The molecule has 0 spiro atoms. The third-order valence-corrected chi connectivity index (χ3v) is 2.61. The van der Waals surface area contributed by atoms with E-state index in [1.54, 1.807) is 6.07 Å². The molecule has 0 aliphatic rings. The van der Waals surface area contributed by atoms with Crippen molar-refractivity contribution >= 4 is 17.8 Å². The minimum atomic E-state index is -0.949. The monoisotopic (exact) mass is 310 g/mol. The first-order valence-corrected chi connectivity index (χ1v) is 6.97. The summed E-state index contributed by atoms with van der Waals surface area (Å²) in [5, 5.41) is 5.14. The standard InChI is InChI=1S/C15H22N2O5/c1-9(16-13(19)11-7-6-8-21-11)14(20)22-10(2)12(18)17-15(3,4)5/h6-10H,1-5H3,(H,16,19)(H,17,18)/t9-,10+/m0/s1. The first-order chi connectivity index (χ1) is 10.1. The molecule has 1 rings (SSSR count). The molecule has 2 atom stereocenters. The molecular formula is C15H22N2O5. The van der Waals surface area contributed by atoms with Crippen molar-refractivity contribution in [2.75, 3.05) is 0 Å². The molecule has 7 heteroatoms. The Balaban J connectivity index is 2.50. The van der Waals surface area contributed by atoms with Crippen molar-refractivity contribution in [2.45, 2.75) is 52.3 Å². The molecule has 1 aromatic heterocycles. The summed E-state index contributed by atoms with van der Waals surface area (Å²) in [5.41, 5.74) is -0.420. The zero-order valence-corrected chi connectivity index (χ0v) is 13.4. The zero-order chi connectivity index (χ0) is 16.9. The van der Waals surface area contributed by atoms with E-state index in [2.05, 4.69) is 10.6 Å². The summed E-state index contributed by atoms with van der Waals surface area (Å²) in [4.78, 5) is 35.5. The van der Waals surface area contributed by atoms with Crippen molar-refractivity contribution < 1.29 is 23.5 Å². The summed E-state index contributed by atoms with van der Waals surface area (Å²) >= 11 is 0. The van der Waals surface area contributed by atoms with E-state index in [9.17, 15) is 14.4 Å². The fraction of sp³-hybridized carbons (Fsp3) is 0.533. The van der Waals surface area contributed by atoms with Gasteiger partial charge in [0, 0.05) is 5.54 Å². The molecule has 0 bridgehead atoms. The van der Waals surface area contributed by atoms with E-state index in [0.717, 1.165) is 0 Å². The molecule has 2 amide bonds. The lowest BCUT2D eigenvalue weighted by atomic mass is 10.1. The Kier molecular flexibility index (Phi) is 5.73. The van der Waals surface area contributed by atoms with Gasteiger partial charge in [-0.25, -0.2) is 4.79 Å². The molecule has 0 radical (unpaired) electrons. The minimum Gasteiger partial charge on any atom is -0.459 e. The lowest BCUT2D eigenvalue weighted by molar-refractivity contribution is -0.156. The summed E-state index contributed by atoms with van der Waals surface area (Å²) in [7, 11) is 0. The van der Waals surface area contributed by atoms with Crippen LogP contribution in [0.5, 0.6) is 0 Å². The summed E-state index contributed by atoms with van der Waals surface area (Å²) in [5.74, 6) is -1.53. The highest BCUT2D eigenvalue weighted by molar-refractivity contribution is 5.94. The number of carbonyl (C=O) groups is 3. The Morgan fingerprint density at radius 1 is 1.23 bits per heavy atom. The molecule has 1 heterocycles. The molecule has 122 valence electrons. The Morgan fingerprint density at radius 2 is 1.86 bits per heavy atom. The highest BCUT2D eigenvalue weighted by Gasteiger charge is 2.26. The maximum Gasteiger partial charge on any atom is 0.329 e. The van der Waals surface area contributed by atoms with Crippen molar-refractivity contribution in [2.24, 2.45) is 0 Å². The summed E-state index contributed by atoms with van der Waals surface area (Å²) in [6.07, 6.45) is 0.409. The highest BCUT2D eigenvalue weighted by atomic mass is 16.5. The molecule has 0 aliphatic heterocycles. The largest absolute Gasteiger partial charge is 0.459 e. The van der Waals surface area contributed by atoms with Crippen LogP contribution < -0.4 is 10.6 Å². The third kappa shape index (κ3) is 5.59. The van der Waals surface area contributed by atoms with Crippen LogP contribution in [0.15, 0.2) is 22.8 Å². The van der Waals surface area contributed by atoms with Crippen molar-refractivity contribution in [1.29, 1.82) is 0 Å². The maximum absolute atomic E-state index is 11.9. The fourth-order valence-corrected chi connectivity index (χ4v) is 1.54. The van der Waals surface area contributed by atoms with Gasteiger partial charge in [-0.2, -0.15) is 0 Å². The Morgan fingerprint density at radius 3 is 2.36 bits per heavy atom. The van der Waals surface area contributed by atoms with Crippen LogP contribution in [0.1, 0.15) is 45.2 Å². The number of hydrogen-bond acceptors (Lipinski definition) is 5. The predicted octanol–water partition coefficient (Wildman–Crippen LogP) is 1.24. The average Bonchev–Trinajstić information content (AvgIpc) is 2.90. The van der Waals surface area contributed by atoms with Crippen LogP contribution in [-0.2, 0) is 14.3 Å². The number of esters is 1. The van der Waals surface area contributed by atoms with E-state index in [1.165, 1.54) is 26.2 Å². The molecule has 2 N–H and O–H groups in total. The van der Waals surface area contributed by atoms with Gasteiger partial charge < -0.3 is 19.8 Å². The first kappa shape index (κ1) is 17.7. The molecule has 0 aromatic carbocycles. The molecule has 7 nitrogen and oxygen atoms in total. The molecule has 0 saturated heterocycles. The van der Waals surface area contributed by atoms with Crippen molar-refractivity contribution in [3.05, 3.63) is 24.2 Å². The van der Waals surface area contributed by atoms with Gasteiger partial charge >= 0.3 is 5.97 Å². The van der Waals surface area contributed by atoms with Gasteiger partial charge in [0.05, 0.1) is 6.26 Å². The van der Waals surface area contributed by atoms with Crippen molar-refractivity contribution in [3.63, 3.8) is 0 Å². The maximum atomic E-state index is 11.9. The van der Waals surface area contributed by atoms with Gasteiger partial charge in [-0.05, 0) is 46.8 Å². The van der Waals surface area contributed by atoms with Crippen LogP contribution in [0, 0.1) is 0 Å². The van der Waals surface area contributed by atoms with E-state index in [1.807, 2.05) is 20.8 Å². The Bertz CT molecular complexity index is 531. The lowest BCUT2D eigenvalue weighted by Crippen LogP contribution is -2.48. The van der Waals surface area contributed by atoms with Gasteiger partial charge in [0.2, 0.25) is 0 Å². The van der Waals surface area contributed by atoms with Gasteiger partial charge in [0.15, 0.2) is 11.9 Å². The number of nitrogens with one attached hydrogen (secondary N) is 2. The summed E-state index contributed by atoms with van der Waals surface area (Å²) < 4.78 is 9.96. The molecule has 0 fully saturated rings. The Hall–Kier alpha value is -2.31. The second kappa shape index (κ2) is 7.11. The number of ether oxygens (including phenoxy) is 1. The van der Waals surface area contributed by atoms with Crippen LogP contribution >= 0.6 is 0 Å². The lowest BCUT2D eigenvalue weighted by Gasteiger charge is -2.24. The highest BCUT2D eigenvalue weighted by Crippen LogP contribution is 2.04. The van der Waals surface area contributed by atoms with E-state index in [0.29, 0.717) is 0 Å². The molecular weight excluding hydrogens is 288 g/mol. The molecule has 1 aromatic rings. The molecule has 0 aliphatic carbocycles. The topological polar surface area (TPSA) is 97.6 Å². The number of rotatable bonds is 5. The zero-order valence-electron chi connectivity index (χ0n) is 13.4. The summed E-state index contributed by atoms with van der Waals surface area (Å²) in [6, 6.07) is 2.14. The van der Waals surface area contributed by atoms with Crippen molar-refractivity contribution in [1.82, 2.24) is 10.6 Å². The summed E-state index contributed by atoms with van der Waals surface area (Å²) in [6.45, 7) is 8.42. The van der Waals surface area contributed by atoms with Crippen LogP contribution in [0.25, 0.3) is 0 Å². The van der Waals surface area contributed by atoms with Crippen LogP contribution in [0.3, 0.4) is 0 Å². The van der Waals surface area contributed by atoms with Gasteiger partial charge in [-0.15, -0.1) is 0 Å². The third-order valence-electron chi connectivity index (χ3n) is 2.61. The van der Waals surface area contributed by atoms with E-state index < -0.39 is 35.5 Å². The van der Waals surface area contributed by atoms with Crippen LogP contribution in [0.4, 0.5) is 0 Å². The predicted molar refractivity (Wildman–Crippen MR) is 79.1 cm³/mol. The SMILES string of the molecule is C[C@H](NC(=O)c1ccco1)C(=O)O[C@H](C)C(=O)NC(C)(C)C. The fourth-order valence-electron chi connectivity index (χ4n) is 1.54. The Labute approximate surface area is 129 Å². The van der Waals surface area contributed by atoms with E-state index in [-0.39, 0.29) is 5.76 Å².